The summed E-state index contributed by atoms with van der Waals surface area (Å²) < 4.78 is 35.8. The van der Waals surface area contributed by atoms with Crippen LogP contribution in [0.2, 0.25) is 0 Å². The molecule has 1 aliphatic heterocycles. The van der Waals surface area contributed by atoms with Crippen LogP contribution in [0.4, 0.5) is 17.1 Å². The van der Waals surface area contributed by atoms with Crippen LogP contribution in [-0.2, 0) is 10.0 Å². The lowest BCUT2D eigenvalue weighted by molar-refractivity contribution is 0.102. The monoisotopic (exact) mass is 457 g/mol. The van der Waals surface area contributed by atoms with Crippen molar-refractivity contribution in [3.05, 3.63) is 108 Å². The minimum absolute atomic E-state index is 0.00996. The van der Waals surface area contributed by atoms with Gasteiger partial charge < -0.3 is 9.73 Å². The van der Waals surface area contributed by atoms with Crippen LogP contribution in [0.5, 0.6) is 0 Å². The molecular weight excluding hydrogens is 438 g/mol. The van der Waals surface area contributed by atoms with E-state index in [0.29, 0.717) is 22.7 Å². The maximum atomic E-state index is 13.1. The number of carbonyl (C=O) groups excluding carboxylic acids is 1. The van der Waals surface area contributed by atoms with Gasteiger partial charge in [-0.2, -0.15) is 8.42 Å². The molecule has 5 rings (SSSR count). The Kier molecular flexibility index (Phi) is 5.07. The van der Waals surface area contributed by atoms with Gasteiger partial charge in [-0.25, -0.2) is 0 Å². The molecule has 0 atom stereocenters. The number of anilines is 3. The minimum atomic E-state index is -4.05. The highest BCUT2D eigenvalue weighted by molar-refractivity contribution is 7.90. The normalized spacial score (nSPS) is 14.3. The lowest BCUT2D eigenvalue weighted by Gasteiger charge is -2.30. The molecule has 1 N–H and O–H groups in total. The van der Waals surface area contributed by atoms with Gasteiger partial charge in [0.1, 0.15) is 4.90 Å². The van der Waals surface area contributed by atoms with Crippen LogP contribution in [-0.4, -0.2) is 20.2 Å². The molecule has 0 radical (unpaired) electrons. The first kappa shape index (κ1) is 20.7. The number of sulfonamides is 1. The van der Waals surface area contributed by atoms with Crippen molar-refractivity contribution in [3.63, 3.8) is 0 Å². The minimum Gasteiger partial charge on any atom is -0.461 e. The third-order valence-electron chi connectivity index (χ3n) is 5.30. The summed E-state index contributed by atoms with van der Waals surface area (Å²) in [6.07, 6.45) is 1.47. The zero-order valence-corrected chi connectivity index (χ0v) is 18.4. The van der Waals surface area contributed by atoms with E-state index in [1.807, 2.05) is 49.4 Å². The first-order chi connectivity index (χ1) is 15.9. The maximum Gasteiger partial charge on any atom is 0.286 e. The van der Waals surface area contributed by atoms with E-state index in [1.54, 1.807) is 41.3 Å². The molecule has 0 saturated heterocycles. The van der Waals surface area contributed by atoms with Crippen molar-refractivity contribution < 1.29 is 17.6 Å². The van der Waals surface area contributed by atoms with Gasteiger partial charge in [0.15, 0.2) is 11.6 Å². The molecule has 33 heavy (non-hydrogen) atoms. The number of nitrogens with zero attached hydrogens (tertiary/aromatic N) is 2. The highest BCUT2D eigenvalue weighted by atomic mass is 32.2. The van der Waals surface area contributed by atoms with Gasteiger partial charge in [0.25, 0.3) is 15.9 Å². The van der Waals surface area contributed by atoms with E-state index in [1.165, 1.54) is 12.3 Å². The fraction of sp³-hybridized carbons (Fsp3) is 0.0400. The van der Waals surface area contributed by atoms with Gasteiger partial charge in [-0.3, -0.25) is 9.69 Å². The molecule has 1 aliphatic rings. The average molecular weight is 458 g/mol. The second-order valence-electron chi connectivity index (χ2n) is 7.49. The summed E-state index contributed by atoms with van der Waals surface area (Å²) in [6, 6.07) is 24.6. The maximum absolute atomic E-state index is 13.1. The van der Waals surface area contributed by atoms with E-state index < -0.39 is 10.0 Å². The van der Waals surface area contributed by atoms with Crippen LogP contribution in [0.1, 0.15) is 21.7 Å². The van der Waals surface area contributed by atoms with E-state index in [4.69, 9.17) is 4.42 Å². The third-order valence-corrected chi connectivity index (χ3v) is 6.60. The van der Waals surface area contributed by atoms with Crippen molar-refractivity contribution in [2.75, 3.05) is 10.2 Å². The molecule has 8 heteroatoms. The number of fused-ring (bicyclic) bond motifs is 1. The Balaban J connectivity index is 1.60. The van der Waals surface area contributed by atoms with Crippen molar-refractivity contribution in [2.24, 2.45) is 4.40 Å². The SMILES string of the molecule is Cc1ccccc1C(=O)Nc1ccc2c(c1)S(=O)(=O)N=C(c1ccco1)N2c1ccccc1. The Morgan fingerprint density at radius 2 is 1.70 bits per heavy atom. The van der Waals surface area contributed by atoms with Gasteiger partial charge >= 0.3 is 0 Å². The molecule has 1 amide bonds. The Labute approximate surface area is 191 Å². The summed E-state index contributed by atoms with van der Waals surface area (Å²) in [5.41, 5.74) is 2.83. The molecule has 3 aromatic carbocycles. The standard InChI is InChI=1S/C25H19N3O4S/c1-17-8-5-6-11-20(17)25(29)26-18-13-14-21-23(16-18)33(30,31)27-24(22-12-7-15-32-22)28(21)19-9-3-2-4-10-19/h2-16H,1H3,(H,26,29). The molecule has 0 bridgehead atoms. The number of amides is 1. The second kappa shape index (κ2) is 8.07. The summed E-state index contributed by atoms with van der Waals surface area (Å²) in [7, 11) is -4.05. The fourth-order valence-electron chi connectivity index (χ4n) is 3.73. The first-order valence-corrected chi connectivity index (χ1v) is 11.6. The Hall–Kier alpha value is -4.17. The summed E-state index contributed by atoms with van der Waals surface area (Å²) in [5.74, 6) is 0.168. The van der Waals surface area contributed by atoms with E-state index in [9.17, 15) is 13.2 Å². The number of hydrogen-bond donors (Lipinski definition) is 1. The van der Waals surface area contributed by atoms with Crippen molar-refractivity contribution in [1.29, 1.82) is 0 Å². The molecule has 0 unspecified atom stereocenters. The quantitative estimate of drug-likeness (QED) is 0.459. The number of aryl methyl sites for hydroxylation is 1. The fourth-order valence-corrected chi connectivity index (χ4v) is 4.92. The van der Waals surface area contributed by atoms with E-state index >= 15 is 0 Å². The molecule has 0 saturated carbocycles. The summed E-state index contributed by atoms with van der Waals surface area (Å²) in [5, 5.41) is 2.79. The van der Waals surface area contributed by atoms with Crippen LogP contribution < -0.4 is 10.2 Å². The molecule has 4 aromatic rings. The van der Waals surface area contributed by atoms with Crippen LogP contribution in [0.15, 0.2) is 105 Å². The van der Waals surface area contributed by atoms with Crippen molar-refractivity contribution in [2.45, 2.75) is 11.8 Å². The zero-order valence-electron chi connectivity index (χ0n) is 17.6. The smallest absolute Gasteiger partial charge is 0.286 e. The first-order valence-electron chi connectivity index (χ1n) is 10.2. The largest absolute Gasteiger partial charge is 0.461 e. The topological polar surface area (TPSA) is 92.0 Å². The van der Waals surface area contributed by atoms with E-state index in [-0.39, 0.29) is 16.6 Å². The van der Waals surface area contributed by atoms with Crippen molar-refractivity contribution in [1.82, 2.24) is 0 Å². The highest BCUT2D eigenvalue weighted by Gasteiger charge is 2.34. The van der Waals surface area contributed by atoms with Gasteiger partial charge in [0, 0.05) is 16.9 Å². The zero-order chi connectivity index (χ0) is 23.0. The van der Waals surface area contributed by atoms with Crippen LogP contribution in [0.25, 0.3) is 0 Å². The predicted octanol–water partition coefficient (Wildman–Crippen LogP) is 5.13. The van der Waals surface area contributed by atoms with E-state index in [2.05, 4.69) is 9.71 Å². The molecule has 1 aromatic heterocycles. The second-order valence-corrected chi connectivity index (χ2v) is 9.06. The van der Waals surface area contributed by atoms with Gasteiger partial charge in [0.2, 0.25) is 0 Å². The number of furan rings is 1. The Bertz CT molecular complexity index is 1480. The number of carbonyl (C=O) groups is 1. The van der Waals surface area contributed by atoms with Crippen molar-refractivity contribution in [3.8, 4) is 0 Å². The van der Waals surface area contributed by atoms with Crippen LogP contribution >= 0.6 is 0 Å². The predicted molar refractivity (Wildman–Crippen MR) is 127 cm³/mol. The van der Waals surface area contributed by atoms with Gasteiger partial charge in [-0.05, 0) is 61.0 Å². The van der Waals surface area contributed by atoms with Gasteiger partial charge in [0.05, 0.1) is 12.0 Å². The third kappa shape index (κ3) is 3.81. The number of nitrogens with one attached hydrogen (secondary N) is 1. The molecule has 7 nitrogen and oxygen atoms in total. The summed E-state index contributed by atoms with van der Waals surface area (Å²) in [6.45, 7) is 1.84. The van der Waals surface area contributed by atoms with Crippen LogP contribution in [0.3, 0.4) is 0 Å². The summed E-state index contributed by atoms with van der Waals surface area (Å²) in [4.78, 5) is 14.5. The number of benzene rings is 3. The Morgan fingerprint density at radius 3 is 2.42 bits per heavy atom. The van der Waals surface area contributed by atoms with E-state index in [0.717, 1.165) is 11.3 Å². The number of amidine groups is 1. The highest BCUT2D eigenvalue weighted by Crippen LogP contribution is 2.39. The van der Waals surface area contributed by atoms with Crippen molar-refractivity contribution >= 4 is 38.8 Å². The lowest BCUT2D eigenvalue weighted by Crippen LogP contribution is -2.32. The molecule has 2 heterocycles. The lowest BCUT2D eigenvalue weighted by atomic mass is 10.1. The van der Waals surface area contributed by atoms with Crippen LogP contribution in [0, 0.1) is 6.92 Å². The van der Waals surface area contributed by atoms with Gasteiger partial charge in [-0.1, -0.05) is 36.4 Å². The molecule has 164 valence electrons. The molecule has 0 fully saturated rings. The molecular formula is C25H19N3O4S. The Morgan fingerprint density at radius 1 is 0.939 bits per heavy atom. The average Bonchev–Trinajstić information content (AvgIpc) is 3.35. The molecule has 0 aliphatic carbocycles. The number of para-hydroxylation sites is 1. The molecule has 0 spiro atoms. The van der Waals surface area contributed by atoms with Gasteiger partial charge in [-0.15, -0.1) is 4.40 Å². The number of rotatable bonds is 4. The number of hydrogen-bond acceptors (Lipinski definition) is 5. The summed E-state index contributed by atoms with van der Waals surface area (Å²) >= 11 is 0.